The number of hydrogen-bond acceptors (Lipinski definition) is 3. The van der Waals surface area contributed by atoms with E-state index in [0.717, 1.165) is 0 Å². The van der Waals surface area contributed by atoms with E-state index in [2.05, 4.69) is 18.1 Å². The number of aromatic amines is 1. The quantitative estimate of drug-likeness (QED) is 0.503. The average molecular weight is 351 g/mol. The molecule has 0 atom stereocenters. The van der Waals surface area contributed by atoms with Crippen LogP contribution in [0.3, 0.4) is 0 Å². The zero-order chi connectivity index (χ0) is 19.1. The number of nitrogens with one attached hydrogen (secondary N) is 1. The van der Waals surface area contributed by atoms with Crippen LogP contribution < -0.4 is 16.1 Å². The Hall–Kier alpha value is -2.14. The molecule has 4 nitrogen and oxygen atoms in total. The van der Waals surface area contributed by atoms with Crippen molar-refractivity contribution in [1.82, 2.24) is 9.55 Å². The Morgan fingerprint density at radius 2 is 1.83 bits per heavy atom. The number of hydrogen-bond donors (Lipinski definition) is 1. The Morgan fingerprint density at radius 3 is 2.25 bits per heavy atom. The summed E-state index contributed by atoms with van der Waals surface area (Å²) < 4.78 is 6.98. The van der Waals surface area contributed by atoms with Crippen LogP contribution in [0.5, 0.6) is 0 Å². The molecule has 0 aromatic carbocycles. The van der Waals surface area contributed by atoms with Crippen molar-refractivity contribution >= 4 is 24.4 Å². The first-order chi connectivity index (χ1) is 11.6. The van der Waals surface area contributed by atoms with Crippen molar-refractivity contribution in [2.45, 2.75) is 41.2 Å². The van der Waals surface area contributed by atoms with Crippen LogP contribution in [0, 0.1) is 4.77 Å². The van der Waals surface area contributed by atoms with Crippen LogP contribution in [-0.4, -0.2) is 16.7 Å². The van der Waals surface area contributed by atoms with Gasteiger partial charge in [-0.2, -0.15) is 0 Å². The highest BCUT2D eigenvalue weighted by Crippen LogP contribution is 1.98. The summed E-state index contributed by atoms with van der Waals surface area (Å²) in [4.78, 5) is 15.5. The predicted molar refractivity (Wildman–Crippen MR) is 108 cm³/mol. The molecule has 0 unspecified atom stereocenters. The van der Waals surface area contributed by atoms with E-state index in [1.54, 1.807) is 30.4 Å². The van der Waals surface area contributed by atoms with Gasteiger partial charge in [-0.05, 0) is 31.3 Å². The summed E-state index contributed by atoms with van der Waals surface area (Å²) >= 11 is 5.23. The number of nitrogens with zero attached hydrogens (tertiary/aromatic N) is 1. The van der Waals surface area contributed by atoms with Gasteiger partial charge in [0.1, 0.15) is 5.76 Å². The highest BCUT2D eigenvalue weighted by molar-refractivity contribution is 7.71. The van der Waals surface area contributed by atoms with E-state index in [1.165, 1.54) is 11.7 Å². The normalized spacial score (nSPS) is 11.7. The standard InChI is InChI=1S/C15H18N2O2S.2C2H6/c1-5-8-11(19-4)10-17-14(18)12(9-6-2)13(7-3)16-15(17)20;2*1-2/h5-9H,1-2,10H2,3-4H3,(H,16,20);2*1-2H3/b11-8-,12-9+,13-7+;;. The molecule has 24 heavy (non-hydrogen) atoms. The molecule has 1 rings (SSSR count). The van der Waals surface area contributed by atoms with Gasteiger partial charge in [0.2, 0.25) is 0 Å². The summed E-state index contributed by atoms with van der Waals surface area (Å²) in [5.74, 6) is 0.597. The van der Waals surface area contributed by atoms with Crippen LogP contribution in [0.2, 0.25) is 0 Å². The average Bonchev–Trinajstić information content (AvgIpc) is 2.63. The zero-order valence-electron chi connectivity index (χ0n) is 15.7. The Bertz CT molecular complexity index is 768. The summed E-state index contributed by atoms with van der Waals surface area (Å²) in [6.07, 6.45) is 8.32. The highest BCUT2D eigenvalue weighted by atomic mass is 32.1. The molecule has 1 N–H and O–H groups in total. The summed E-state index contributed by atoms with van der Waals surface area (Å²) in [6, 6.07) is 0. The van der Waals surface area contributed by atoms with Crippen molar-refractivity contribution in [1.29, 1.82) is 0 Å². The first-order valence-electron chi connectivity index (χ1n) is 8.06. The van der Waals surface area contributed by atoms with Gasteiger partial charge >= 0.3 is 0 Å². The molecule has 0 aliphatic carbocycles. The minimum absolute atomic E-state index is 0.186. The second-order valence-corrected chi connectivity index (χ2v) is 4.30. The second kappa shape index (κ2) is 14.5. The molecule has 1 aromatic heterocycles. The molecule has 0 radical (unpaired) electrons. The first kappa shape index (κ1) is 24.1. The van der Waals surface area contributed by atoms with Gasteiger partial charge in [-0.1, -0.05) is 59.1 Å². The maximum atomic E-state index is 12.5. The SMILES string of the molecule is C=C/C=C(/Cn1c(=S)[nH]c(=C/C)/c(=C\C=C)c1=O)OC.CC.CC. The van der Waals surface area contributed by atoms with Crippen molar-refractivity contribution < 1.29 is 4.74 Å². The third-order valence-corrected chi connectivity index (χ3v) is 3.03. The third kappa shape index (κ3) is 6.96. The lowest BCUT2D eigenvalue weighted by molar-refractivity contribution is 0.268. The Morgan fingerprint density at radius 1 is 1.25 bits per heavy atom. The number of rotatable bonds is 5. The number of H-pyrrole nitrogens is 1. The number of allylic oxidation sites excluding steroid dienone is 4. The first-order valence-corrected chi connectivity index (χ1v) is 8.47. The van der Waals surface area contributed by atoms with Gasteiger partial charge in [-0.15, -0.1) is 0 Å². The van der Waals surface area contributed by atoms with Gasteiger partial charge in [-0.3, -0.25) is 9.36 Å². The molecule has 5 heteroatoms. The monoisotopic (exact) mass is 350 g/mol. The van der Waals surface area contributed by atoms with E-state index in [4.69, 9.17) is 17.0 Å². The van der Waals surface area contributed by atoms with Gasteiger partial charge in [0.25, 0.3) is 5.56 Å². The topological polar surface area (TPSA) is 47.0 Å². The maximum Gasteiger partial charge on any atom is 0.262 e. The van der Waals surface area contributed by atoms with Crippen LogP contribution in [0.25, 0.3) is 12.2 Å². The van der Waals surface area contributed by atoms with Crippen LogP contribution in [-0.2, 0) is 11.3 Å². The molecule has 1 aromatic rings. The van der Waals surface area contributed by atoms with Gasteiger partial charge < -0.3 is 9.72 Å². The van der Waals surface area contributed by atoms with E-state index < -0.39 is 0 Å². The van der Waals surface area contributed by atoms with Crippen molar-refractivity contribution in [3.05, 3.63) is 62.8 Å². The van der Waals surface area contributed by atoms with E-state index >= 15 is 0 Å². The largest absolute Gasteiger partial charge is 0.499 e. The van der Waals surface area contributed by atoms with Gasteiger partial charge in [0, 0.05) is 5.35 Å². The lowest BCUT2D eigenvalue weighted by Gasteiger charge is -2.09. The summed E-state index contributed by atoms with van der Waals surface area (Å²) in [5, 5.41) is 1.20. The van der Waals surface area contributed by atoms with Crippen molar-refractivity contribution in [3.8, 4) is 0 Å². The van der Waals surface area contributed by atoms with Gasteiger partial charge in [-0.25, -0.2) is 0 Å². The molecule has 0 saturated carbocycles. The van der Waals surface area contributed by atoms with E-state index in [1.807, 2.05) is 34.6 Å². The highest BCUT2D eigenvalue weighted by Gasteiger charge is 2.05. The fraction of sp³-hybridized carbons (Fsp3) is 0.368. The Labute approximate surface area is 150 Å². The summed E-state index contributed by atoms with van der Waals surface area (Å²) in [6.45, 7) is 17.3. The molecule has 0 aliphatic heterocycles. The fourth-order valence-corrected chi connectivity index (χ4v) is 1.98. The van der Waals surface area contributed by atoms with Crippen LogP contribution in [0.4, 0.5) is 0 Å². The maximum absolute atomic E-state index is 12.5. The minimum Gasteiger partial charge on any atom is -0.499 e. The number of aromatic nitrogens is 2. The van der Waals surface area contributed by atoms with Gasteiger partial charge in [0.05, 0.1) is 18.9 Å². The minimum atomic E-state index is -0.186. The van der Waals surface area contributed by atoms with Crippen LogP contribution in [0.1, 0.15) is 34.6 Å². The molecular formula is C19H30N2O2S. The van der Waals surface area contributed by atoms with Crippen molar-refractivity contribution in [2.24, 2.45) is 0 Å². The number of methoxy groups -OCH3 is 1. The van der Waals surface area contributed by atoms with Gasteiger partial charge in [0.15, 0.2) is 4.77 Å². The molecule has 0 bridgehead atoms. The second-order valence-electron chi connectivity index (χ2n) is 3.91. The van der Waals surface area contributed by atoms with E-state index in [9.17, 15) is 4.79 Å². The summed E-state index contributed by atoms with van der Waals surface area (Å²) in [7, 11) is 1.54. The molecule has 0 fully saturated rings. The molecule has 0 saturated heterocycles. The number of ether oxygens (including phenoxy) is 1. The third-order valence-electron chi connectivity index (χ3n) is 2.71. The molecule has 0 amide bonds. The molecule has 134 valence electrons. The lowest BCUT2D eigenvalue weighted by Crippen LogP contribution is -2.47. The predicted octanol–water partition coefficient (Wildman–Crippen LogP) is 3.44. The Kier molecular flexibility index (Phi) is 14.5. The smallest absolute Gasteiger partial charge is 0.262 e. The molecule has 0 spiro atoms. The van der Waals surface area contributed by atoms with E-state index in [0.29, 0.717) is 21.1 Å². The molecular weight excluding hydrogens is 320 g/mol. The summed E-state index contributed by atoms with van der Waals surface area (Å²) in [5.41, 5.74) is -0.186. The lowest BCUT2D eigenvalue weighted by atomic mass is 10.3. The van der Waals surface area contributed by atoms with E-state index in [-0.39, 0.29) is 12.1 Å². The van der Waals surface area contributed by atoms with Crippen LogP contribution >= 0.6 is 12.2 Å². The zero-order valence-corrected chi connectivity index (χ0v) is 16.5. The van der Waals surface area contributed by atoms with Crippen molar-refractivity contribution in [3.63, 3.8) is 0 Å². The van der Waals surface area contributed by atoms with Crippen molar-refractivity contribution in [2.75, 3.05) is 7.11 Å². The molecule has 1 heterocycles. The molecule has 0 aliphatic rings. The Balaban J connectivity index is 0. The van der Waals surface area contributed by atoms with Crippen LogP contribution in [0.15, 0.2) is 41.9 Å². The fourth-order valence-electron chi connectivity index (χ4n) is 1.73.